The molecule has 2 N–H and O–H groups in total. The topological polar surface area (TPSA) is 32.3 Å². The third-order valence-corrected chi connectivity index (χ3v) is 2.24. The first kappa shape index (κ1) is 11.4. The van der Waals surface area contributed by atoms with Gasteiger partial charge in [0.2, 0.25) is 0 Å². The van der Waals surface area contributed by atoms with Crippen LogP contribution >= 0.6 is 11.6 Å². The van der Waals surface area contributed by atoms with Gasteiger partial charge in [0.1, 0.15) is 5.82 Å². The molecule has 0 aromatic heterocycles. The average molecular weight is 218 g/mol. The van der Waals surface area contributed by atoms with Crippen molar-refractivity contribution in [2.75, 3.05) is 6.61 Å². The summed E-state index contributed by atoms with van der Waals surface area (Å²) < 4.78 is 13.3. The molecule has 0 bridgehead atoms. The van der Waals surface area contributed by atoms with Gasteiger partial charge in [-0.1, -0.05) is 23.7 Å². The molecule has 0 spiro atoms. The van der Waals surface area contributed by atoms with E-state index in [0.29, 0.717) is 12.1 Å². The minimum Gasteiger partial charge on any atom is -0.395 e. The van der Waals surface area contributed by atoms with Crippen molar-refractivity contribution in [1.82, 2.24) is 5.32 Å². The second-order valence-corrected chi connectivity index (χ2v) is 3.58. The predicted molar refractivity (Wildman–Crippen MR) is 54.8 cm³/mol. The second-order valence-electron chi connectivity index (χ2n) is 3.18. The molecule has 2 nitrogen and oxygen atoms in total. The molecule has 1 atom stereocenters. The van der Waals surface area contributed by atoms with Gasteiger partial charge in [-0.2, -0.15) is 0 Å². The second kappa shape index (κ2) is 5.29. The maximum absolute atomic E-state index is 13.3. The maximum Gasteiger partial charge on any atom is 0.146 e. The molecular formula is C10H13ClFNO. The van der Waals surface area contributed by atoms with Gasteiger partial charge in [-0.15, -0.1) is 0 Å². The SMILES string of the molecule is C[C@H](CO)NCc1cccc(Cl)c1F. The monoisotopic (exact) mass is 217 g/mol. The van der Waals surface area contributed by atoms with Crippen LogP contribution in [-0.4, -0.2) is 17.8 Å². The third kappa shape index (κ3) is 2.94. The first-order chi connectivity index (χ1) is 6.65. The van der Waals surface area contributed by atoms with Gasteiger partial charge in [0.15, 0.2) is 0 Å². The van der Waals surface area contributed by atoms with Crippen LogP contribution < -0.4 is 5.32 Å². The Kier molecular flexibility index (Phi) is 4.32. The van der Waals surface area contributed by atoms with Crippen molar-refractivity contribution in [2.24, 2.45) is 0 Å². The van der Waals surface area contributed by atoms with Gasteiger partial charge in [-0.25, -0.2) is 4.39 Å². The molecule has 0 fully saturated rings. The smallest absolute Gasteiger partial charge is 0.146 e. The summed E-state index contributed by atoms with van der Waals surface area (Å²) in [4.78, 5) is 0. The summed E-state index contributed by atoms with van der Waals surface area (Å²) in [5.41, 5.74) is 0.512. The molecule has 1 rings (SSSR count). The number of aliphatic hydroxyl groups excluding tert-OH is 1. The van der Waals surface area contributed by atoms with E-state index >= 15 is 0 Å². The Morgan fingerprint density at radius 1 is 1.57 bits per heavy atom. The summed E-state index contributed by atoms with van der Waals surface area (Å²) in [7, 11) is 0. The summed E-state index contributed by atoms with van der Waals surface area (Å²) in [5, 5.41) is 11.8. The molecule has 0 saturated heterocycles. The summed E-state index contributed by atoms with van der Waals surface area (Å²) in [5.74, 6) is -0.396. The molecule has 0 radical (unpaired) electrons. The molecule has 1 aromatic carbocycles. The molecule has 0 aliphatic heterocycles. The Hall–Kier alpha value is -0.640. The van der Waals surface area contributed by atoms with Gasteiger partial charge in [-0.05, 0) is 13.0 Å². The predicted octanol–water partition coefficient (Wildman–Crippen LogP) is 1.95. The lowest BCUT2D eigenvalue weighted by molar-refractivity contribution is 0.250. The van der Waals surface area contributed by atoms with Crippen LogP contribution in [0.2, 0.25) is 5.02 Å². The molecule has 14 heavy (non-hydrogen) atoms. The number of hydrogen-bond acceptors (Lipinski definition) is 2. The van der Waals surface area contributed by atoms with Crippen molar-refractivity contribution < 1.29 is 9.50 Å². The van der Waals surface area contributed by atoms with Crippen LogP contribution in [0.5, 0.6) is 0 Å². The number of benzene rings is 1. The lowest BCUT2D eigenvalue weighted by Crippen LogP contribution is -2.28. The molecule has 0 aliphatic rings. The Morgan fingerprint density at radius 3 is 2.93 bits per heavy atom. The average Bonchev–Trinajstić information content (AvgIpc) is 2.20. The first-order valence-corrected chi connectivity index (χ1v) is 4.80. The van der Waals surface area contributed by atoms with Gasteiger partial charge >= 0.3 is 0 Å². The van der Waals surface area contributed by atoms with E-state index in [1.165, 1.54) is 6.07 Å². The number of hydrogen-bond donors (Lipinski definition) is 2. The normalized spacial score (nSPS) is 12.9. The van der Waals surface area contributed by atoms with Crippen molar-refractivity contribution in [3.8, 4) is 0 Å². The van der Waals surface area contributed by atoms with Gasteiger partial charge in [0, 0.05) is 18.2 Å². The first-order valence-electron chi connectivity index (χ1n) is 4.42. The van der Waals surface area contributed by atoms with Gasteiger partial charge in [0.05, 0.1) is 11.6 Å². The molecule has 0 unspecified atom stereocenters. The largest absolute Gasteiger partial charge is 0.395 e. The third-order valence-electron chi connectivity index (χ3n) is 1.95. The highest BCUT2D eigenvalue weighted by atomic mass is 35.5. The Labute approximate surface area is 87.7 Å². The molecule has 78 valence electrons. The van der Waals surface area contributed by atoms with E-state index in [9.17, 15) is 4.39 Å². The van der Waals surface area contributed by atoms with Crippen molar-refractivity contribution in [3.05, 3.63) is 34.6 Å². The fourth-order valence-corrected chi connectivity index (χ4v) is 1.23. The molecule has 0 heterocycles. The van der Waals surface area contributed by atoms with Crippen molar-refractivity contribution >= 4 is 11.6 Å². The minimum absolute atomic E-state index is 0.0299. The van der Waals surface area contributed by atoms with Crippen LogP contribution in [0.1, 0.15) is 12.5 Å². The summed E-state index contributed by atoms with van der Waals surface area (Å²) in [6, 6.07) is 4.83. The van der Waals surface area contributed by atoms with Crippen molar-refractivity contribution in [2.45, 2.75) is 19.5 Å². The number of rotatable bonds is 4. The van der Waals surface area contributed by atoms with Crippen LogP contribution in [0, 0.1) is 5.82 Å². The highest BCUT2D eigenvalue weighted by Crippen LogP contribution is 2.17. The van der Waals surface area contributed by atoms with Crippen LogP contribution in [0.4, 0.5) is 4.39 Å². The lowest BCUT2D eigenvalue weighted by atomic mass is 10.2. The van der Waals surface area contributed by atoms with Crippen LogP contribution in [0.15, 0.2) is 18.2 Å². The van der Waals surface area contributed by atoms with E-state index in [-0.39, 0.29) is 17.7 Å². The van der Waals surface area contributed by atoms with Crippen LogP contribution in [-0.2, 0) is 6.54 Å². The molecule has 0 aliphatic carbocycles. The molecular weight excluding hydrogens is 205 g/mol. The summed E-state index contributed by atoms with van der Waals surface area (Å²) in [6.07, 6.45) is 0. The molecule has 0 amide bonds. The van der Waals surface area contributed by atoms with Gasteiger partial charge in [0.25, 0.3) is 0 Å². The van der Waals surface area contributed by atoms with E-state index in [1.807, 2.05) is 6.92 Å². The van der Waals surface area contributed by atoms with E-state index in [2.05, 4.69) is 5.32 Å². The van der Waals surface area contributed by atoms with Gasteiger partial charge < -0.3 is 10.4 Å². The van der Waals surface area contributed by atoms with E-state index in [1.54, 1.807) is 12.1 Å². The number of halogens is 2. The Bertz CT molecular complexity index is 306. The number of aliphatic hydroxyl groups is 1. The lowest BCUT2D eigenvalue weighted by Gasteiger charge is -2.11. The Morgan fingerprint density at radius 2 is 2.29 bits per heavy atom. The highest BCUT2D eigenvalue weighted by Gasteiger charge is 2.06. The fourth-order valence-electron chi connectivity index (χ4n) is 1.03. The number of nitrogens with one attached hydrogen (secondary N) is 1. The van der Waals surface area contributed by atoms with E-state index in [4.69, 9.17) is 16.7 Å². The summed E-state index contributed by atoms with van der Waals surface area (Å²) in [6.45, 7) is 2.22. The zero-order chi connectivity index (χ0) is 10.6. The Balaban J connectivity index is 2.63. The molecule has 1 aromatic rings. The van der Waals surface area contributed by atoms with E-state index in [0.717, 1.165) is 0 Å². The zero-order valence-electron chi connectivity index (χ0n) is 7.93. The highest BCUT2D eigenvalue weighted by molar-refractivity contribution is 6.30. The quantitative estimate of drug-likeness (QED) is 0.808. The molecule has 0 saturated carbocycles. The standard InChI is InChI=1S/C10H13ClFNO/c1-7(6-14)13-5-8-3-2-4-9(11)10(8)12/h2-4,7,13-14H,5-6H2,1H3/t7-/m1/s1. The van der Waals surface area contributed by atoms with Crippen molar-refractivity contribution in [1.29, 1.82) is 0 Å². The molecule has 4 heteroatoms. The van der Waals surface area contributed by atoms with Crippen molar-refractivity contribution in [3.63, 3.8) is 0 Å². The van der Waals surface area contributed by atoms with Crippen LogP contribution in [0.3, 0.4) is 0 Å². The van der Waals surface area contributed by atoms with E-state index < -0.39 is 5.82 Å². The minimum atomic E-state index is -0.396. The van der Waals surface area contributed by atoms with Crippen LogP contribution in [0.25, 0.3) is 0 Å². The maximum atomic E-state index is 13.3. The summed E-state index contributed by atoms with van der Waals surface area (Å²) >= 11 is 5.61. The fraction of sp³-hybridized carbons (Fsp3) is 0.400. The zero-order valence-corrected chi connectivity index (χ0v) is 8.68. The van der Waals surface area contributed by atoms with Gasteiger partial charge in [-0.3, -0.25) is 0 Å².